The standard InChI is InChI=1S/C15H23NO2S/c1-10-7-11(2)15(14(16)8-10)19(17)13-6-4-5-12(9-13)18-3/h4-6,9-11,14-15H,7-8,16H2,1-3H3. The van der Waals surface area contributed by atoms with E-state index < -0.39 is 10.8 Å². The van der Waals surface area contributed by atoms with Crippen molar-refractivity contribution in [1.82, 2.24) is 0 Å². The smallest absolute Gasteiger partial charge is 0.120 e. The van der Waals surface area contributed by atoms with Crippen molar-refractivity contribution in [3.63, 3.8) is 0 Å². The minimum Gasteiger partial charge on any atom is -0.497 e. The molecule has 1 aliphatic carbocycles. The molecule has 0 aliphatic heterocycles. The van der Waals surface area contributed by atoms with Crippen LogP contribution in [0.4, 0.5) is 0 Å². The highest BCUT2D eigenvalue weighted by molar-refractivity contribution is 7.85. The molecule has 2 rings (SSSR count). The molecule has 1 saturated carbocycles. The van der Waals surface area contributed by atoms with E-state index in [1.165, 1.54) is 0 Å². The molecule has 1 fully saturated rings. The zero-order valence-corrected chi connectivity index (χ0v) is 12.7. The molecule has 1 aromatic rings. The van der Waals surface area contributed by atoms with Gasteiger partial charge in [-0.25, -0.2) is 0 Å². The molecular weight excluding hydrogens is 258 g/mol. The van der Waals surface area contributed by atoms with E-state index in [-0.39, 0.29) is 11.3 Å². The predicted octanol–water partition coefficient (Wildman–Crippen LogP) is 2.56. The topological polar surface area (TPSA) is 52.3 Å². The van der Waals surface area contributed by atoms with Gasteiger partial charge in [0.05, 0.1) is 23.2 Å². The van der Waals surface area contributed by atoms with Gasteiger partial charge in [0.2, 0.25) is 0 Å². The normalized spacial score (nSPS) is 32.8. The maximum atomic E-state index is 12.8. The van der Waals surface area contributed by atoms with Crippen molar-refractivity contribution in [2.24, 2.45) is 17.6 Å². The zero-order valence-electron chi connectivity index (χ0n) is 11.8. The summed E-state index contributed by atoms with van der Waals surface area (Å²) in [6.07, 6.45) is 2.07. The summed E-state index contributed by atoms with van der Waals surface area (Å²) < 4.78 is 18.0. The van der Waals surface area contributed by atoms with E-state index in [0.717, 1.165) is 23.5 Å². The second kappa shape index (κ2) is 6.06. The molecule has 5 unspecified atom stereocenters. The number of ether oxygens (including phenoxy) is 1. The van der Waals surface area contributed by atoms with Crippen molar-refractivity contribution in [2.75, 3.05) is 7.11 Å². The second-order valence-corrected chi connectivity index (χ2v) is 7.27. The highest BCUT2D eigenvalue weighted by Gasteiger charge is 2.36. The maximum Gasteiger partial charge on any atom is 0.120 e. The van der Waals surface area contributed by atoms with Crippen molar-refractivity contribution in [1.29, 1.82) is 0 Å². The van der Waals surface area contributed by atoms with Gasteiger partial charge in [-0.15, -0.1) is 0 Å². The monoisotopic (exact) mass is 281 g/mol. The van der Waals surface area contributed by atoms with Crippen molar-refractivity contribution in [3.05, 3.63) is 24.3 Å². The molecule has 0 bridgehead atoms. The Morgan fingerprint density at radius 2 is 2.05 bits per heavy atom. The van der Waals surface area contributed by atoms with Crippen LogP contribution >= 0.6 is 0 Å². The van der Waals surface area contributed by atoms with E-state index in [1.807, 2.05) is 24.3 Å². The van der Waals surface area contributed by atoms with E-state index >= 15 is 0 Å². The first-order valence-electron chi connectivity index (χ1n) is 6.83. The lowest BCUT2D eigenvalue weighted by molar-refractivity contribution is 0.275. The van der Waals surface area contributed by atoms with Gasteiger partial charge >= 0.3 is 0 Å². The summed E-state index contributed by atoms with van der Waals surface area (Å²) in [6, 6.07) is 7.52. The molecule has 5 atom stereocenters. The Bertz CT molecular complexity index is 451. The van der Waals surface area contributed by atoms with Crippen LogP contribution in [0.1, 0.15) is 26.7 Å². The highest BCUT2D eigenvalue weighted by Crippen LogP contribution is 2.33. The van der Waals surface area contributed by atoms with Gasteiger partial charge in [0.25, 0.3) is 0 Å². The summed E-state index contributed by atoms with van der Waals surface area (Å²) in [5, 5.41) is 0.0447. The van der Waals surface area contributed by atoms with Crippen molar-refractivity contribution in [3.8, 4) is 5.75 Å². The molecule has 4 heteroatoms. The van der Waals surface area contributed by atoms with Crippen LogP contribution in [-0.2, 0) is 10.8 Å². The third kappa shape index (κ3) is 3.18. The Morgan fingerprint density at radius 3 is 2.68 bits per heavy atom. The minimum atomic E-state index is -1.06. The fraction of sp³-hybridized carbons (Fsp3) is 0.600. The number of methoxy groups -OCH3 is 1. The van der Waals surface area contributed by atoms with Crippen LogP contribution in [0.15, 0.2) is 29.2 Å². The molecule has 1 aliphatic rings. The number of rotatable bonds is 3. The molecule has 3 nitrogen and oxygen atoms in total. The van der Waals surface area contributed by atoms with Crippen LogP contribution in [-0.4, -0.2) is 22.6 Å². The summed E-state index contributed by atoms with van der Waals surface area (Å²) in [5.41, 5.74) is 6.24. The molecule has 0 radical (unpaired) electrons. The number of hydrogen-bond donors (Lipinski definition) is 1. The first-order chi connectivity index (χ1) is 9.02. The van der Waals surface area contributed by atoms with Crippen molar-refractivity contribution >= 4 is 10.8 Å². The van der Waals surface area contributed by atoms with Gasteiger partial charge in [-0.1, -0.05) is 19.9 Å². The molecule has 106 valence electrons. The van der Waals surface area contributed by atoms with Crippen LogP contribution in [0.3, 0.4) is 0 Å². The number of hydrogen-bond acceptors (Lipinski definition) is 3. The lowest BCUT2D eigenvalue weighted by atomic mass is 9.80. The highest BCUT2D eigenvalue weighted by atomic mass is 32.2. The van der Waals surface area contributed by atoms with E-state index in [0.29, 0.717) is 11.8 Å². The van der Waals surface area contributed by atoms with E-state index in [2.05, 4.69) is 13.8 Å². The van der Waals surface area contributed by atoms with Gasteiger partial charge in [0.15, 0.2) is 0 Å². The third-order valence-corrected chi connectivity index (χ3v) is 5.98. The van der Waals surface area contributed by atoms with Gasteiger partial charge in [-0.05, 0) is 42.9 Å². The maximum absolute atomic E-state index is 12.8. The van der Waals surface area contributed by atoms with Crippen LogP contribution < -0.4 is 10.5 Å². The Balaban J connectivity index is 2.22. The number of nitrogens with two attached hydrogens (primary N) is 1. The first kappa shape index (κ1) is 14.5. The quantitative estimate of drug-likeness (QED) is 0.926. The molecule has 1 aromatic carbocycles. The van der Waals surface area contributed by atoms with Crippen LogP contribution in [0.5, 0.6) is 5.75 Å². The minimum absolute atomic E-state index is 0.0192. The summed E-state index contributed by atoms with van der Waals surface area (Å²) in [4.78, 5) is 0.821. The van der Waals surface area contributed by atoms with Crippen molar-refractivity contribution < 1.29 is 8.95 Å². The van der Waals surface area contributed by atoms with E-state index in [9.17, 15) is 4.21 Å². The Morgan fingerprint density at radius 1 is 1.32 bits per heavy atom. The van der Waals surface area contributed by atoms with Crippen LogP contribution in [0.2, 0.25) is 0 Å². The first-order valence-corrected chi connectivity index (χ1v) is 8.04. The largest absolute Gasteiger partial charge is 0.497 e. The van der Waals surface area contributed by atoms with E-state index in [1.54, 1.807) is 7.11 Å². The van der Waals surface area contributed by atoms with Gasteiger partial charge in [-0.2, -0.15) is 0 Å². The number of benzene rings is 1. The molecule has 2 N–H and O–H groups in total. The molecule has 0 heterocycles. The summed E-state index contributed by atoms with van der Waals surface area (Å²) >= 11 is 0. The van der Waals surface area contributed by atoms with Gasteiger partial charge < -0.3 is 10.5 Å². The van der Waals surface area contributed by atoms with Crippen LogP contribution in [0, 0.1) is 11.8 Å². The molecule has 0 saturated heterocycles. The predicted molar refractivity (Wildman–Crippen MR) is 78.7 cm³/mol. The van der Waals surface area contributed by atoms with Crippen molar-refractivity contribution in [2.45, 2.75) is 42.9 Å². The van der Waals surface area contributed by atoms with Crippen LogP contribution in [0.25, 0.3) is 0 Å². The molecule has 19 heavy (non-hydrogen) atoms. The zero-order chi connectivity index (χ0) is 14.0. The Hall–Kier alpha value is -0.870. The van der Waals surface area contributed by atoms with Gasteiger partial charge in [0.1, 0.15) is 5.75 Å². The van der Waals surface area contributed by atoms with E-state index in [4.69, 9.17) is 10.5 Å². The fourth-order valence-corrected chi connectivity index (χ4v) is 4.86. The lowest BCUT2D eigenvalue weighted by Crippen LogP contribution is -2.47. The fourth-order valence-electron chi connectivity index (χ4n) is 3.14. The SMILES string of the molecule is COc1cccc(S(=O)C2C(C)CC(C)CC2N)c1. The molecule has 0 amide bonds. The lowest BCUT2D eigenvalue weighted by Gasteiger charge is -2.37. The average molecular weight is 281 g/mol. The van der Waals surface area contributed by atoms with Gasteiger partial charge in [-0.3, -0.25) is 4.21 Å². The molecule has 0 spiro atoms. The summed E-state index contributed by atoms with van der Waals surface area (Å²) in [6.45, 7) is 4.39. The third-order valence-electron chi connectivity index (χ3n) is 3.95. The Kier molecular flexibility index (Phi) is 4.63. The summed E-state index contributed by atoms with van der Waals surface area (Å²) in [5.74, 6) is 1.77. The second-order valence-electron chi connectivity index (χ2n) is 5.66. The molecule has 0 aromatic heterocycles. The molecular formula is C15H23NO2S. The average Bonchev–Trinajstić information content (AvgIpc) is 2.37. The summed E-state index contributed by atoms with van der Waals surface area (Å²) in [7, 11) is 0.562. The Labute approximate surface area is 118 Å². The van der Waals surface area contributed by atoms with Gasteiger partial charge in [0, 0.05) is 10.9 Å².